The van der Waals surface area contributed by atoms with E-state index in [9.17, 15) is 0 Å². The Hall–Kier alpha value is -0.740. The second-order valence-electron chi connectivity index (χ2n) is 3.21. The molecule has 0 atom stereocenters. The van der Waals surface area contributed by atoms with E-state index < -0.39 is 0 Å². The Morgan fingerprint density at radius 1 is 1.54 bits per heavy atom. The van der Waals surface area contributed by atoms with Gasteiger partial charge in [0.1, 0.15) is 5.82 Å². The Bertz CT molecular complexity index is 263. The molecule has 0 aromatic carbocycles. The minimum absolute atomic E-state index is 0.682. The normalized spacial score (nSPS) is 10.5. The van der Waals surface area contributed by atoms with E-state index in [1.807, 2.05) is 18.2 Å². The Morgan fingerprint density at radius 3 is 2.92 bits per heavy atom. The molecule has 0 fully saturated rings. The monoisotopic (exact) mass is 197 g/mol. The molecule has 0 saturated carbocycles. The number of nitrogens with zero attached hydrogens (tertiary/aromatic N) is 1. The zero-order chi connectivity index (χ0) is 9.68. The number of nitrogens with two attached hydrogens (primary N) is 1. The van der Waals surface area contributed by atoms with Crippen LogP contribution in [0, 0.1) is 5.92 Å². The third-order valence-electron chi connectivity index (χ3n) is 1.44. The van der Waals surface area contributed by atoms with Gasteiger partial charge in [-0.15, -0.1) is 11.8 Å². The number of anilines is 1. The van der Waals surface area contributed by atoms with Crippen LogP contribution < -0.4 is 11.3 Å². The molecule has 0 spiro atoms. The summed E-state index contributed by atoms with van der Waals surface area (Å²) >= 11 is 1.75. The molecule has 0 aliphatic rings. The van der Waals surface area contributed by atoms with E-state index in [1.165, 1.54) is 0 Å². The molecule has 0 bridgehead atoms. The van der Waals surface area contributed by atoms with Gasteiger partial charge in [0.2, 0.25) is 0 Å². The van der Waals surface area contributed by atoms with Crippen molar-refractivity contribution in [2.24, 2.45) is 11.8 Å². The number of hydrazine groups is 1. The zero-order valence-corrected chi connectivity index (χ0v) is 8.77. The van der Waals surface area contributed by atoms with Crippen molar-refractivity contribution >= 4 is 17.6 Å². The zero-order valence-electron chi connectivity index (χ0n) is 7.95. The smallest absolute Gasteiger partial charge is 0.141 e. The number of hydrogen-bond acceptors (Lipinski definition) is 4. The van der Waals surface area contributed by atoms with Crippen molar-refractivity contribution in [1.82, 2.24) is 4.98 Å². The SMILES string of the molecule is CC(C)CSc1cccc(NN)n1. The lowest BCUT2D eigenvalue weighted by Crippen LogP contribution is -2.08. The van der Waals surface area contributed by atoms with Gasteiger partial charge in [-0.25, -0.2) is 10.8 Å². The van der Waals surface area contributed by atoms with Crippen LogP contribution in [-0.2, 0) is 0 Å². The van der Waals surface area contributed by atoms with Gasteiger partial charge in [-0.3, -0.25) is 0 Å². The first kappa shape index (κ1) is 10.3. The summed E-state index contributed by atoms with van der Waals surface area (Å²) in [5.74, 6) is 7.74. The number of hydrogen-bond donors (Lipinski definition) is 2. The van der Waals surface area contributed by atoms with Crippen molar-refractivity contribution in [3.63, 3.8) is 0 Å². The van der Waals surface area contributed by atoms with Gasteiger partial charge in [-0.1, -0.05) is 19.9 Å². The predicted molar refractivity (Wildman–Crippen MR) is 57.6 cm³/mol. The van der Waals surface area contributed by atoms with E-state index >= 15 is 0 Å². The van der Waals surface area contributed by atoms with E-state index in [2.05, 4.69) is 24.3 Å². The van der Waals surface area contributed by atoms with Crippen LogP contribution in [0.1, 0.15) is 13.8 Å². The third kappa shape index (κ3) is 3.65. The third-order valence-corrected chi connectivity index (χ3v) is 2.79. The van der Waals surface area contributed by atoms with Gasteiger partial charge in [0.15, 0.2) is 0 Å². The summed E-state index contributed by atoms with van der Waals surface area (Å²) in [6.45, 7) is 4.38. The highest BCUT2D eigenvalue weighted by Gasteiger charge is 1.99. The maximum Gasteiger partial charge on any atom is 0.141 e. The van der Waals surface area contributed by atoms with E-state index in [4.69, 9.17) is 5.84 Å². The van der Waals surface area contributed by atoms with Crippen LogP contribution in [0.3, 0.4) is 0 Å². The van der Waals surface area contributed by atoms with E-state index in [-0.39, 0.29) is 0 Å². The number of nitrogens with one attached hydrogen (secondary N) is 1. The summed E-state index contributed by atoms with van der Waals surface area (Å²) in [6.07, 6.45) is 0. The maximum absolute atomic E-state index is 5.25. The summed E-state index contributed by atoms with van der Waals surface area (Å²) < 4.78 is 0. The van der Waals surface area contributed by atoms with E-state index in [0.29, 0.717) is 11.7 Å². The van der Waals surface area contributed by atoms with Crippen LogP contribution in [0.4, 0.5) is 5.82 Å². The molecular weight excluding hydrogens is 182 g/mol. The Morgan fingerprint density at radius 2 is 2.31 bits per heavy atom. The van der Waals surface area contributed by atoms with Gasteiger partial charge in [0.05, 0.1) is 5.03 Å². The summed E-state index contributed by atoms with van der Waals surface area (Å²) in [4.78, 5) is 4.29. The Kier molecular flexibility index (Phi) is 4.05. The molecule has 0 unspecified atom stereocenters. The molecule has 3 nitrogen and oxygen atoms in total. The highest BCUT2D eigenvalue weighted by atomic mass is 32.2. The molecule has 0 saturated heterocycles. The van der Waals surface area contributed by atoms with Crippen LogP contribution in [0.15, 0.2) is 23.2 Å². The molecule has 72 valence electrons. The lowest BCUT2D eigenvalue weighted by atomic mass is 10.3. The van der Waals surface area contributed by atoms with Crippen LogP contribution in [0.5, 0.6) is 0 Å². The summed E-state index contributed by atoms with van der Waals surface area (Å²) in [5, 5.41) is 1.02. The van der Waals surface area contributed by atoms with Gasteiger partial charge >= 0.3 is 0 Å². The van der Waals surface area contributed by atoms with Crippen LogP contribution in [-0.4, -0.2) is 10.7 Å². The molecule has 1 rings (SSSR count). The Balaban J connectivity index is 2.56. The highest BCUT2D eigenvalue weighted by molar-refractivity contribution is 7.99. The minimum Gasteiger partial charge on any atom is -0.308 e. The molecule has 1 aromatic heterocycles. The maximum atomic E-state index is 5.25. The van der Waals surface area contributed by atoms with Crippen molar-refractivity contribution in [2.45, 2.75) is 18.9 Å². The van der Waals surface area contributed by atoms with Crippen molar-refractivity contribution in [1.29, 1.82) is 0 Å². The molecule has 13 heavy (non-hydrogen) atoms. The van der Waals surface area contributed by atoms with E-state index in [1.54, 1.807) is 11.8 Å². The second kappa shape index (κ2) is 5.09. The molecule has 0 amide bonds. The first-order valence-corrected chi connectivity index (χ1v) is 5.27. The Labute approximate surface area is 83.1 Å². The van der Waals surface area contributed by atoms with Gasteiger partial charge in [-0.2, -0.15) is 0 Å². The predicted octanol–water partition coefficient (Wildman–Crippen LogP) is 2.12. The fourth-order valence-electron chi connectivity index (χ4n) is 0.828. The van der Waals surface area contributed by atoms with Crippen molar-refractivity contribution < 1.29 is 0 Å². The van der Waals surface area contributed by atoms with Gasteiger partial charge < -0.3 is 5.43 Å². The first-order valence-electron chi connectivity index (χ1n) is 4.29. The first-order chi connectivity index (χ1) is 6.22. The average Bonchev–Trinajstić information content (AvgIpc) is 2.15. The quantitative estimate of drug-likeness (QED) is 0.441. The number of nitrogen functional groups attached to an aromatic ring is 1. The van der Waals surface area contributed by atoms with Crippen LogP contribution in [0.2, 0.25) is 0 Å². The fourth-order valence-corrected chi connectivity index (χ4v) is 1.67. The van der Waals surface area contributed by atoms with Crippen LogP contribution in [0.25, 0.3) is 0 Å². The topological polar surface area (TPSA) is 50.9 Å². The summed E-state index contributed by atoms with van der Waals surface area (Å²) in [7, 11) is 0. The fraction of sp³-hybridized carbons (Fsp3) is 0.444. The molecular formula is C9H15N3S. The lowest BCUT2D eigenvalue weighted by Gasteiger charge is -2.05. The number of thioether (sulfide) groups is 1. The number of aromatic nitrogens is 1. The summed E-state index contributed by atoms with van der Waals surface area (Å²) in [6, 6.07) is 5.79. The molecule has 4 heteroatoms. The largest absolute Gasteiger partial charge is 0.308 e. The second-order valence-corrected chi connectivity index (χ2v) is 4.25. The van der Waals surface area contributed by atoms with Gasteiger partial charge in [0, 0.05) is 5.75 Å². The molecule has 0 aliphatic carbocycles. The van der Waals surface area contributed by atoms with Crippen LogP contribution >= 0.6 is 11.8 Å². The average molecular weight is 197 g/mol. The standard InChI is InChI=1S/C9H15N3S/c1-7(2)6-13-9-5-3-4-8(11-9)12-10/h3-5,7H,6,10H2,1-2H3,(H,11,12). The van der Waals surface area contributed by atoms with Crippen molar-refractivity contribution in [2.75, 3.05) is 11.2 Å². The summed E-state index contributed by atoms with van der Waals surface area (Å²) in [5.41, 5.74) is 2.53. The molecule has 3 N–H and O–H groups in total. The highest BCUT2D eigenvalue weighted by Crippen LogP contribution is 2.19. The molecule has 1 heterocycles. The number of pyridine rings is 1. The molecule has 0 aliphatic heterocycles. The van der Waals surface area contributed by atoms with Crippen molar-refractivity contribution in [3.8, 4) is 0 Å². The molecule has 1 aromatic rings. The van der Waals surface area contributed by atoms with Crippen molar-refractivity contribution in [3.05, 3.63) is 18.2 Å². The van der Waals surface area contributed by atoms with Gasteiger partial charge in [-0.05, 0) is 18.1 Å². The van der Waals surface area contributed by atoms with E-state index in [0.717, 1.165) is 10.8 Å². The molecule has 0 radical (unpaired) electrons. The minimum atomic E-state index is 0.682. The number of rotatable bonds is 4. The van der Waals surface area contributed by atoms with Gasteiger partial charge in [0.25, 0.3) is 0 Å². The lowest BCUT2D eigenvalue weighted by molar-refractivity contribution is 0.749.